The zero-order valence-electron chi connectivity index (χ0n) is 22.7. The van der Waals surface area contributed by atoms with Gasteiger partial charge in [0, 0.05) is 16.2 Å². The van der Waals surface area contributed by atoms with E-state index in [0.717, 1.165) is 32.6 Å². The van der Waals surface area contributed by atoms with Crippen molar-refractivity contribution in [3.8, 4) is 28.1 Å². The molecule has 4 heterocycles. The van der Waals surface area contributed by atoms with Crippen molar-refractivity contribution < 1.29 is 4.74 Å². The summed E-state index contributed by atoms with van der Waals surface area (Å²) < 4.78 is 9.36. The lowest BCUT2D eigenvalue weighted by molar-refractivity contribution is 0.244. The van der Waals surface area contributed by atoms with Crippen LogP contribution >= 0.6 is 32.2 Å². The van der Waals surface area contributed by atoms with Crippen LogP contribution in [0, 0.1) is 0 Å². The van der Waals surface area contributed by atoms with E-state index in [2.05, 4.69) is 26.1 Å². The van der Waals surface area contributed by atoms with Crippen molar-refractivity contribution in [3.63, 3.8) is 0 Å². The third kappa shape index (κ3) is 4.78. The van der Waals surface area contributed by atoms with Crippen molar-refractivity contribution in [2.24, 2.45) is 0 Å². The number of rotatable bonds is 7. The summed E-state index contributed by atoms with van der Waals surface area (Å²) in [5.74, 6) is 1.12. The highest BCUT2D eigenvalue weighted by molar-refractivity contribution is 7.27. The number of fused-ring (bicyclic) bond motifs is 2. The van der Waals surface area contributed by atoms with Gasteiger partial charge < -0.3 is 10.5 Å². The van der Waals surface area contributed by atoms with Crippen LogP contribution in [0.4, 0.5) is 5.82 Å². The van der Waals surface area contributed by atoms with Gasteiger partial charge >= 0.3 is 0 Å². The van der Waals surface area contributed by atoms with E-state index in [1.807, 2.05) is 73.1 Å². The number of nitrogens with two attached hydrogens (primary N) is 1. The van der Waals surface area contributed by atoms with E-state index in [0.29, 0.717) is 39.7 Å². The normalized spacial score (nSPS) is 12.4. The quantitative estimate of drug-likeness (QED) is 0.214. The molecule has 2 atom stereocenters. The second-order valence-corrected chi connectivity index (χ2v) is 11.9. The molecule has 0 fully saturated rings. The second kappa shape index (κ2) is 10.9. The first-order valence-corrected chi connectivity index (χ1v) is 15.0. The Hall–Kier alpha value is -3.78. The van der Waals surface area contributed by atoms with Crippen molar-refractivity contribution in [1.29, 1.82) is 0 Å². The van der Waals surface area contributed by atoms with Gasteiger partial charge in [-0.2, -0.15) is 5.10 Å². The highest BCUT2D eigenvalue weighted by Crippen LogP contribution is 2.38. The van der Waals surface area contributed by atoms with Crippen LogP contribution in [0.2, 0.25) is 5.15 Å². The molecule has 8 nitrogen and oxygen atoms in total. The number of nitrogens with zero attached hydrogens (tertiary/aromatic N) is 5. The molecule has 208 valence electrons. The summed E-state index contributed by atoms with van der Waals surface area (Å²) in [6.07, 6.45) is 2.14. The molecular formula is C30H28ClN6O2PS. The molecule has 0 aliphatic carbocycles. The molecule has 2 aromatic carbocycles. The number of benzene rings is 2. The molecule has 0 saturated carbocycles. The summed E-state index contributed by atoms with van der Waals surface area (Å²) >= 11 is 7.88. The maximum atomic E-state index is 14.0. The zero-order chi connectivity index (χ0) is 28.8. The first kappa shape index (κ1) is 27.4. The van der Waals surface area contributed by atoms with E-state index in [1.54, 1.807) is 9.78 Å². The van der Waals surface area contributed by atoms with Crippen molar-refractivity contribution in [3.05, 3.63) is 87.4 Å². The molecule has 0 aliphatic rings. The van der Waals surface area contributed by atoms with Gasteiger partial charge in [-0.15, -0.1) is 20.6 Å². The lowest BCUT2D eigenvalue weighted by Gasteiger charge is -2.20. The molecule has 0 spiro atoms. The minimum atomic E-state index is -0.326. The van der Waals surface area contributed by atoms with Gasteiger partial charge in [-0.25, -0.2) is 14.6 Å². The van der Waals surface area contributed by atoms with Crippen LogP contribution in [-0.4, -0.2) is 30.3 Å². The number of nitrogen functional groups attached to an aromatic ring is 1. The second-order valence-electron chi connectivity index (χ2n) is 9.97. The van der Waals surface area contributed by atoms with E-state index in [1.165, 1.54) is 17.7 Å². The van der Waals surface area contributed by atoms with E-state index >= 15 is 0 Å². The van der Waals surface area contributed by atoms with E-state index < -0.39 is 0 Å². The largest absolute Gasteiger partial charge is 0.490 e. The first-order valence-electron chi connectivity index (χ1n) is 13.2. The maximum absolute atomic E-state index is 14.0. The van der Waals surface area contributed by atoms with Gasteiger partial charge in [0.15, 0.2) is 5.65 Å². The van der Waals surface area contributed by atoms with Crippen LogP contribution in [0.3, 0.4) is 0 Å². The number of hydrogen-bond acceptors (Lipinski definition) is 7. The fourth-order valence-electron chi connectivity index (χ4n) is 5.21. The summed E-state index contributed by atoms with van der Waals surface area (Å²) in [4.78, 5) is 23.6. The Morgan fingerprint density at radius 3 is 2.59 bits per heavy atom. The van der Waals surface area contributed by atoms with Crippen LogP contribution in [0.15, 0.2) is 71.1 Å². The van der Waals surface area contributed by atoms with Crippen LogP contribution in [0.25, 0.3) is 38.2 Å². The average molecular weight is 603 g/mol. The minimum Gasteiger partial charge on any atom is -0.490 e. The highest BCUT2D eigenvalue weighted by atomic mass is 35.5. The molecule has 11 heteroatoms. The average Bonchev–Trinajstić information content (AvgIpc) is 3.52. The number of halogens is 1. The molecule has 0 aliphatic heterocycles. The summed E-state index contributed by atoms with van der Waals surface area (Å²) in [5.41, 5.74) is 10.6. The molecule has 2 N–H and O–H groups in total. The minimum absolute atomic E-state index is 0.0491. The van der Waals surface area contributed by atoms with Crippen molar-refractivity contribution in [2.75, 3.05) is 5.73 Å². The summed E-state index contributed by atoms with van der Waals surface area (Å²) in [6.45, 7) is 6.06. The Labute approximate surface area is 248 Å². The summed E-state index contributed by atoms with van der Waals surface area (Å²) in [6, 6.07) is 17.3. The fourth-order valence-corrected chi connectivity index (χ4v) is 6.71. The highest BCUT2D eigenvalue weighted by Gasteiger charge is 2.27. The third-order valence-corrected chi connectivity index (χ3v) is 8.70. The predicted octanol–water partition coefficient (Wildman–Crippen LogP) is 6.36. The van der Waals surface area contributed by atoms with Gasteiger partial charge in [0.2, 0.25) is 0 Å². The molecule has 0 amide bonds. The van der Waals surface area contributed by atoms with Crippen molar-refractivity contribution in [1.82, 2.24) is 24.1 Å². The number of anilines is 1. The monoisotopic (exact) mass is 602 g/mol. The number of pyridine rings is 1. The maximum Gasteiger partial charge on any atom is 0.265 e. The Balaban J connectivity index is 1.61. The molecule has 4 aromatic heterocycles. The molecule has 6 rings (SSSR count). The molecule has 0 bridgehead atoms. The van der Waals surface area contributed by atoms with Gasteiger partial charge in [0.05, 0.1) is 23.1 Å². The van der Waals surface area contributed by atoms with Crippen molar-refractivity contribution >= 4 is 59.2 Å². The Morgan fingerprint density at radius 1 is 1.10 bits per heavy atom. The number of ether oxygens (including phenoxy) is 1. The van der Waals surface area contributed by atoms with E-state index in [9.17, 15) is 4.79 Å². The molecule has 6 aromatic rings. The molecular weight excluding hydrogens is 575 g/mol. The summed E-state index contributed by atoms with van der Waals surface area (Å²) in [5, 5.41) is 8.83. The van der Waals surface area contributed by atoms with Gasteiger partial charge in [-0.05, 0) is 55.7 Å². The molecule has 1 unspecified atom stereocenters. The van der Waals surface area contributed by atoms with Crippen molar-refractivity contribution in [2.45, 2.75) is 39.3 Å². The topological polar surface area (TPSA) is 100 Å². The van der Waals surface area contributed by atoms with E-state index in [-0.39, 0.29) is 17.7 Å². The Morgan fingerprint density at radius 2 is 1.88 bits per heavy atom. The zero-order valence-corrected chi connectivity index (χ0v) is 25.4. The number of hydrogen-bond donors (Lipinski definition) is 1. The first-order chi connectivity index (χ1) is 19.8. The lowest BCUT2D eigenvalue weighted by Crippen LogP contribution is -2.21. The molecule has 0 saturated heterocycles. The SMILES string of the molecule is CC[C@@H](c1cc2scc(Cl)n2c(=O)c1-c1ccccc1)n1nc(-c2ccc(OC(C)C)c(P)c2)c2c(N)ncnc21. The smallest absolute Gasteiger partial charge is 0.265 e. The van der Waals surface area contributed by atoms with Crippen LogP contribution < -0.4 is 21.3 Å². The Kier molecular flexibility index (Phi) is 7.28. The lowest BCUT2D eigenvalue weighted by atomic mass is 9.95. The molecule has 0 radical (unpaired) electrons. The predicted molar refractivity (Wildman–Crippen MR) is 171 cm³/mol. The van der Waals surface area contributed by atoms with Gasteiger partial charge in [0.25, 0.3) is 5.56 Å². The fraction of sp³-hybridized carbons (Fsp3) is 0.200. The number of thiazole rings is 1. The van der Waals surface area contributed by atoms with Crippen LogP contribution in [0.5, 0.6) is 5.75 Å². The van der Waals surface area contributed by atoms with Crippen LogP contribution in [-0.2, 0) is 0 Å². The third-order valence-electron chi connectivity index (χ3n) is 6.96. The van der Waals surface area contributed by atoms with Gasteiger partial charge in [-0.1, -0.05) is 48.9 Å². The standard InChI is InChI=1S/C30H28ClN6O2PS/c1-4-20(19-13-24-36(23(31)14-41-24)30(38)25(19)17-8-6-5-7-9-17)37-29-26(28(32)33-15-34-29)27(35-37)18-10-11-21(22(40)12-18)39-16(2)3/h5-16,20H,4,40H2,1-3H3,(H2,32,33,34)/t20-/m0/s1. The Bertz CT molecular complexity index is 1970. The number of aromatic nitrogens is 5. The molecule has 41 heavy (non-hydrogen) atoms. The summed E-state index contributed by atoms with van der Waals surface area (Å²) in [7, 11) is 2.73. The van der Waals surface area contributed by atoms with E-state index in [4.69, 9.17) is 27.2 Å². The van der Waals surface area contributed by atoms with Crippen LogP contribution in [0.1, 0.15) is 38.8 Å². The van der Waals surface area contributed by atoms with Gasteiger partial charge in [-0.3, -0.25) is 9.20 Å². The van der Waals surface area contributed by atoms with Gasteiger partial charge in [0.1, 0.15) is 33.6 Å².